The number of carbonyl (C=O) groups excluding carboxylic acids is 1. The second kappa shape index (κ2) is 11.5. The van der Waals surface area contributed by atoms with E-state index in [-0.39, 0.29) is 30.0 Å². The fourth-order valence-corrected chi connectivity index (χ4v) is 3.52. The molecule has 1 heterocycles. The number of nitrogens with two attached hydrogens (primary N) is 2. The first-order chi connectivity index (χ1) is 17.0. The fourth-order valence-electron chi connectivity index (χ4n) is 3.01. The summed E-state index contributed by atoms with van der Waals surface area (Å²) in [5.41, 5.74) is 11.8. The molecule has 2 aromatic rings. The Labute approximate surface area is 214 Å². The van der Waals surface area contributed by atoms with Gasteiger partial charge in [-0.1, -0.05) is 6.07 Å². The number of anilines is 2. The van der Waals surface area contributed by atoms with Crippen molar-refractivity contribution in [1.29, 1.82) is 0 Å². The second-order valence-electron chi connectivity index (χ2n) is 7.94. The predicted octanol–water partition coefficient (Wildman–Crippen LogP) is 1.44. The third kappa shape index (κ3) is 9.00. The summed E-state index contributed by atoms with van der Waals surface area (Å²) >= 11 is 0. The molecule has 1 aliphatic heterocycles. The smallest absolute Gasteiger partial charge is 0.332 e. The molecule has 0 aromatic heterocycles. The maximum atomic E-state index is 13.1. The van der Waals surface area contributed by atoms with Gasteiger partial charge in [-0.15, -0.1) is 3.89 Å². The number of hydrogen-bond donors (Lipinski definition) is 4. The zero-order valence-electron chi connectivity index (χ0n) is 20.1. The molecule has 202 valence electrons. The predicted molar refractivity (Wildman–Crippen MR) is 137 cm³/mol. The number of carbonyl (C=O) groups is 1. The van der Waals surface area contributed by atoms with Gasteiger partial charge in [-0.3, -0.25) is 14.2 Å². The Bertz CT molecular complexity index is 1410. The highest BCUT2D eigenvalue weighted by Gasteiger charge is 2.32. The van der Waals surface area contributed by atoms with Gasteiger partial charge in [-0.25, -0.2) is 4.99 Å². The number of halogens is 1. The Morgan fingerprint density at radius 3 is 2.24 bits per heavy atom. The minimum atomic E-state index is -4.86. The Hall–Kier alpha value is -3.76. The van der Waals surface area contributed by atoms with Gasteiger partial charge in [-0.05, 0) is 63.2 Å². The molecule has 6 N–H and O–H groups in total. The van der Waals surface area contributed by atoms with Gasteiger partial charge in [0.1, 0.15) is 16.3 Å². The van der Waals surface area contributed by atoms with Crippen molar-refractivity contribution in [2.45, 2.75) is 31.3 Å². The average Bonchev–Trinajstić information content (AvgIpc) is 2.77. The fraction of sp³-hybridized carbons (Fsp3) is 0.286. The van der Waals surface area contributed by atoms with Crippen molar-refractivity contribution >= 4 is 49.5 Å². The van der Waals surface area contributed by atoms with E-state index in [4.69, 9.17) is 20.8 Å². The molecule has 0 unspecified atom stereocenters. The van der Waals surface area contributed by atoms with Crippen molar-refractivity contribution in [2.75, 3.05) is 22.6 Å². The Kier molecular flexibility index (Phi) is 9.18. The Morgan fingerprint density at radius 2 is 1.73 bits per heavy atom. The van der Waals surface area contributed by atoms with E-state index in [2.05, 4.69) is 15.3 Å². The number of aliphatic imine (C=N–C) groups is 2. The molecule has 2 aromatic carbocycles. The van der Waals surface area contributed by atoms with E-state index >= 15 is 0 Å². The van der Waals surface area contributed by atoms with Crippen molar-refractivity contribution < 1.29 is 34.8 Å². The first-order valence-corrected chi connectivity index (χ1v) is 13.5. The van der Waals surface area contributed by atoms with Crippen LogP contribution in [0.15, 0.2) is 63.4 Å². The molecule has 0 bridgehead atoms. The minimum Gasteiger partial charge on any atom is -0.484 e. The highest BCUT2D eigenvalue weighted by atomic mass is 32.3. The van der Waals surface area contributed by atoms with Crippen LogP contribution in [-0.2, 0) is 25.1 Å². The largest absolute Gasteiger partial charge is 0.484 e. The zero-order chi connectivity index (χ0) is 28.0. The van der Waals surface area contributed by atoms with Gasteiger partial charge >= 0.3 is 10.2 Å². The molecule has 0 aliphatic carbocycles. The van der Waals surface area contributed by atoms with Gasteiger partial charge in [0.25, 0.3) is 16.0 Å². The maximum absolute atomic E-state index is 13.1. The summed E-state index contributed by atoms with van der Waals surface area (Å²) < 4.78 is 67.4. The Morgan fingerprint density at radius 1 is 1.14 bits per heavy atom. The van der Waals surface area contributed by atoms with Crippen LogP contribution < -0.4 is 26.4 Å². The molecule has 1 aliphatic rings. The van der Waals surface area contributed by atoms with Crippen LogP contribution in [0.4, 0.5) is 15.3 Å². The van der Waals surface area contributed by atoms with Gasteiger partial charge in [0.05, 0.1) is 5.75 Å². The van der Waals surface area contributed by atoms with E-state index in [1.807, 2.05) is 13.8 Å². The topological polar surface area (TPSA) is 207 Å². The Balaban J connectivity index is 0.000000717. The molecule has 16 heteroatoms. The molecule has 0 saturated carbocycles. The normalized spacial score (nSPS) is 15.0. The lowest BCUT2D eigenvalue weighted by Gasteiger charge is -2.38. The van der Waals surface area contributed by atoms with Crippen LogP contribution >= 0.6 is 0 Å². The van der Waals surface area contributed by atoms with Gasteiger partial charge in [-0.2, -0.15) is 21.8 Å². The summed E-state index contributed by atoms with van der Waals surface area (Å²) in [6.45, 7) is 4.69. The van der Waals surface area contributed by atoms with Gasteiger partial charge in [0.2, 0.25) is 11.9 Å². The van der Waals surface area contributed by atoms with E-state index in [0.29, 0.717) is 11.4 Å². The van der Waals surface area contributed by atoms with Gasteiger partial charge in [0.15, 0.2) is 6.61 Å². The average molecular weight is 559 g/mol. The first-order valence-electron chi connectivity index (χ1n) is 10.5. The van der Waals surface area contributed by atoms with E-state index in [0.717, 1.165) is 12.1 Å². The molecule has 3 rings (SSSR count). The van der Waals surface area contributed by atoms with E-state index in [1.54, 1.807) is 29.2 Å². The lowest BCUT2D eigenvalue weighted by atomic mass is 10.1. The summed E-state index contributed by atoms with van der Waals surface area (Å²) in [5.74, 6) is -0.0434. The number of nitrogens with zero attached hydrogens (tertiary/aromatic N) is 3. The monoisotopic (exact) mass is 558 g/mol. The number of amides is 1. The van der Waals surface area contributed by atoms with Gasteiger partial charge < -0.3 is 21.5 Å². The minimum absolute atomic E-state index is 0.0966. The molecule has 0 saturated heterocycles. The number of hydrogen-bond acceptors (Lipinski definition) is 11. The summed E-state index contributed by atoms with van der Waals surface area (Å²) in [6.07, 6.45) is 0. The zero-order valence-corrected chi connectivity index (χ0v) is 21.8. The standard InChI is InChI=1S/C19H21FN6O4S.C2H6O3S/c1-19(2)25-17(21)24-18(22)26(19)13-6-8-14(9-7-13)30-11-16(27)23-12-4-3-5-15(10-12)31(20,28)29;1-2-6(3,4)5/h3-10H,11H2,1-2H3,(H,23,27)(H4,21,22,24,25);2H2,1H3,(H,3,4,5). The van der Waals surface area contributed by atoms with Crippen LogP contribution in [0.2, 0.25) is 0 Å². The number of ether oxygens (including phenoxy) is 1. The van der Waals surface area contributed by atoms with E-state index < -0.39 is 36.8 Å². The molecule has 1 amide bonds. The molecule has 0 spiro atoms. The second-order valence-corrected chi connectivity index (χ2v) is 11.0. The van der Waals surface area contributed by atoms with Crippen molar-refractivity contribution in [1.82, 2.24) is 0 Å². The lowest BCUT2D eigenvalue weighted by Crippen LogP contribution is -2.54. The number of benzene rings is 2. The highest BCUT2D eigenvalue weighted by molar-refractivity contribution is 7.86. The van der Waals surface area contributed by atoms with Crippen LogP contribution in [0, 0.1) is 0 Å². The van der Waals surface area contributed by atoms with Crippen LogP contribution in [0.5, 0.6) is 5.75 Å². The van der Waals surface area contributed by atoms with Crippen molar-refractivity contribution in [2.24, 2.45) is 21.5 Å². The molecular formula is C21H27FN6O7S2. The summed E-state index contributed by atoms with van der Waals surface area (Å²) in [4.78, 5) is 21.5. The summed E-state index contributed by atoms with van der Waals surface area (Å²) in [7, 11) is -8.53. The van der Waals surface area contributed by atoms with Crippen molar-refractivity contribution in [3.8, 4) is 5.75 Å². The third-order valence-electron chi connectivity index (χ3n) is 4.62. The van der Waals surface area contributed by atoms with Crippen LogP contribution in [0.25, 0.3) is 0 Å². The molecular weight excluding hydrogens is 531 g/mol. The number of guanidine groups is 2. The lowest BCUT2D eigenvalue weighted by molar-refractivity contribution is -0.118. The van der Waals surface area contributed by atoms with Gasteiger partial charge in [0, 0.05) is 11.4 Å². The number of nitrogens with one attached hydrogen (secondary N) is 1. The van der Waals surface area contributed by atoms with E-state index in [1.165, 1.54) is 19.1 Å². The molecule has 0 fully saturated rings. The number of rotatable bonds is 7. The van der Waals surface area contributed by atoms with Crippen LogP contribution in [0.3, 0.4) is 0 Å². The van der Waals surface area contributed by atoms with Crippen LogP contribution in [-0.4, -0.2) is 57.2 Å². The van der Waals surface area contributed by atoms with Crippen LogP contribution in [0.1, 0.15) is 20.8 Å². The summed E-state index contributed by atoms with van der Waals surface area (Å²) in [6, 6.07) is 11.6. The SMILES string of the molecule is CC1(C)N=C(N)N=C(N)N1c1ccc(OCC(=O)Nc2cccc(S(=O)(=O)F)c2)cc1.CCS(=O)(=O)O. The van der Waals surface area contributed by atoms with Crippen molar-refractivity contribution in [3.63, 3.8) is 0 Å². The summed E-state index contributed by atoms with van der Waals surface area (Å²) in [5, 5.41) is 2.45. The molecule has 0 atom stereocenters. The quantitative estimate of drug-likeness (QED) is 0.284. The first kappa shape index (κ1) is 29.5. The third-order valence-corrected chi connectivity index (χ3v) is 6.17. The molecule has 37 heavy (non-hydrogen) atoms. The molecule has 0 radical (unpaired) electrons. The molecule has 13 nitrogen and oxygen atoms in total. The van der Waals surface area contributed by atoms with E-state index in [9.17, 15) is 25.5 Å². The van der Waals surface area contributed by atoms with Crippen molar-refractivity contribution in [3.05, 3.63) is 48.5 Å². The highest BCUT2D eigenvalue weighted by Crippen LogP contribution is 2.28. The maximum Gasteiger partial charge on any atom is 0.332 e.